The second-order valence-electron chi connectivity index (χ2n) is 10.8. The van der Waals surface area contributed by atoms with E-state index in [0.717, 1.165) is 11.1 Å². The summed E-state index contributed by atoms with van der Waals surface area (Å²) in [5.74, 6) is -2.30. The van der Waals surface area contributed by atoms with E-state index in [1.165, 1.54) is 24.3 Å². The predicted molar refractivity (Wildman–Crippen MR) is 157 cm³/mol. The molecule has 0 saturated carbocycles. The van der Waals surface area contributed by atoms with Crippen LogP contribution in [0.4, 0.5) is 10.1 Å². The molecule has 208 valence electrons. The maximum absolute atomic E-state index is 15.0. The predicted octanol–water partition coefficient (Wildman–Crippen LogP) is 6.21. The Morgan fingerprint density at radius 2 is 1.62 bits per heavy atom. The normalized spacial score (nSPS) is 23.2. The summed E-state index contributed by atoms with van der Waals surface area (Å²) in [5, 5.41) is 3.04. The van der Waals surface area contributed by atoms with Crippen LogP contribution >= 0.6 is 0 Å². The molecule has 1 fully saturated rings. The highest BCUT2D eigenvalue weighted by Gasteiger charge is 2.70. The number of carbonyl (C=O) groups is 3. The quantitative estimate of drug-likeness (QED) is 0.285. The molecule has 3 aliphatic heterocycles. The molecule has 4 aromatic carbocycles. The van der Waals surface area contributed by atoms with E-state index in [-0.39, 0.29) is 23.0 Å². The molecule has 0 aliphatic carbocycles. The summed E-state index contributed by atoms with van der Waals surface area (Å²) < 4.78 is 19.8. The Labute approximate surface area is 242 Å². The van der Waals surface area contributed by atoms with Crippen LogP contribution in [0.15, 0.2) is 103 Å². The van der Waals surface area contributed by atoms with Crippen LogP contribution in [0.3, 0.4) is 0 Å². The number of ketones is 2. The molecule has 7 rings (SSSR count). The van der Waals surface area contributed by atoms with Crippen molar-refractivity contribution in [3.63, 3.8) is 0 Å². The van der Waals surface area contributed by atoms with E-state index >= 15 is 0 Å². The van der Waals surface area contributed by atoms with Crippen LogP contribution in [0.1, 0.15) is 50.4 Å². The van der Waals surface area contributed by atoms with E-state index in [0.29, 0.717) is 29.2 Å². The largest absolute Gasteiger partial charge is 0.493 e. The summed E-state index contributed by atoms with van der Waals surface area (Å²) in [6.45, 7) is 2.17. The van der Waals surface area contributed by atoms with Gasteiger partial charge in [0.05, 0.1) is 24.1 Å². The summed E-state index contributed by atoms with van der Waals surface area (Å²) in [5.41, 5.74) is 2.14. The Hall–Kier alpha value is -5.04. The zero-order valence-electron chi connectivity index (χ0n) is 22.8. The van der Waals surface area contributed by atoms with Crippen molar-refractivity contribution in [3.05, 3.63) is 137 Å². The number of nitrogens with one attached hydrogen (secondary N) is 1. The monoisotopic (exact) mass is 558 g/mol. The van der Waals surface area contributed by atoms with Crippen molar-refractivity contribution >= 4 is 29.2 Å². The van der Waals surface area contributed by atoms with Crippen molar-refractivity contribution < 1.29 is 23.5 Å². The van der Waals surface area contributed by atoms with Crippen LogP contribution in [0.5, 0.6) is 5.75 Å². The molecule has 1 spiro atoms. The van der Waals surface area contributed by atoms with E-state index in [4.69, 9.17) is 4.74 Å². The number of fused-ring (bicyclic) bond motifs is 6. The highest BCUT2D eigenvalue weighted by molar-refractivity contribution is 6.17. The van der Waals surface area contributed by atoms with Crippen molar-refractivity contribution in [1.29, 1.82) is 0 Å². The first kappa shape index (κ1) is 25.9. The summed E-state index contributed by atoms with van der Waals surface area (Å²) >= 11 is 0. The van der Waals surface area contributed by atoms with E-state index in [2.05, 4.69) is 5.32 Å². The molecular weight excluding hydrogens is 531 g/mol. The lowest BCUT2D eigenvalue weighted by atomic mass is 9.62. The fraction of sp³-hybridized carbons (Fsp3) is 0.171. The van der Waals surface area contributed by atoms with Crippen LogP contribution in [0.25, 0.3) is 6.08 Å². The molecule has 0 radical (unpaired) electrons. The van der Waals surface area contributed by atoms with Gasteiger partial charge in [0.15, 0.2) is 11.6 Å². The first-order valence-corrected chi connectivity index (χ1v) is 14.0. The fourth-order valence-electron chi connectivity index (χ4n) is 7.07. The van der Waals surface area contributed by atoms with Gasteiger partial charge in [-0.25, -0.2) is 4.39 Å². The standard InChI is InChI=1S/C35H27FN2O4/c1-2-42-28-14-8-5-11-25(28)32(40)29-30(31(39)22-15-17-23(36)18-16-22)38-20-19-21-9-3-4-10-24(21)33(38)35(29)26-12-6-7-13-27(26)37-34(35)41/h3-20,29-30,33H,2H2,1H3,(H,37,41)/t29-,30+,33-,35-/m1/s1. The first-order valence-electron chi connectivity index (χ1n) is 14.0. The zero-order chi connectivity index (χ0) is 29.0. The molecule has 1 saturated heterocycles. The molecule has 3 heterocycles. The molecule has 1 amide bonds. The van der Waals surface area contributed by atoms with E-state index in [1.54, 1.807) is 24.3 Å². The summed E-state index contributed by atoms with van der Waals surface area (Å²) in [7, 11) is 0. The van der Waals surface area contributed by atoms with Gasteiger partial charge in [0.2, 0.25) is 5.91 Å². The summed E-state index contributed by atoms with van der Waals surface area (Å²) in [4.78, 5) is 45.9. The van der Waals surface area contributed by atoms with Gasteiger partial charge >= 0.3 is 0 Å². The van der Waals surface area contributed by atoms with Gasteiger partial charge < -0.3 is 15.0 Å². The third-order valence-electron chi connectivity index (χ3n) is 8.70. The Kier molecular flexibility index (Phi) is 6.04. The third-order valence-corrected chi connectivity index (χ3v) is 8.70. The van der Waals surface area contributed by atoms with Crippen LogP contribution < -0.4 is 10.1 Å². The number of rotatable bonds is 6. The lowest BCUT2D eigenvalue weighted by Gasteiger charge is -2.38. The van der Waals surface area contributed by atoms with Gasteiger partial charge in [-0.1, -0.05) is 54.6 Å². The highest BCUT2D eigenvalue weighted by atomic mass is 19.1. The molecule has 4 aromatic rings. The number of ether oxygens (including phenoxy) is 1. The van der Waals surface area contributed by atoms with E-state index in [1.807, 2.05) is 72.6 Å². The molecule has 1 N–H and O–H groups in total. The van der Waals surface area contributed by atoms with Gasteiger partial charge in [-0.05, 0) is 72.2 Å². The topological polar surface area (TPSA) is 75.7 Å². The van der Waals surface area contributed by atoms with Crippen LogP contribution in [-0.4, -0.2) is 35.0 Å². The Bertz CT molecular complexity index is 1780. The van der Waals surface area contributed by atoms with Gasteiger partial charge in [-0.2, -0.15) is 0 Å². The van der Waals surface area contributed by atoms with E-state index < -0.39 is 29.2 Å². The fourth-order valence-corrected chi connectivity index (χ4v) is 7.07. The van der Waals surface area contributed by atoms with Crippen molar-refractivity contribution in [2.45, 2.75) is 24.4 Å². The molecule has 0 aromatic heterocycles. The molecule has 42 heavy (non-hydrogen) atoms. The molecule has 6 nitrogen and oxygen atoms in total. The number of benzene rings is 4. The van der Waals surface area contributed by atoms with Crippen LogP contribution in [0.2, 0.25) is 0 Å². The minimum absolute atomic E-state index is 0.257. The van der Waals surface area contributed by atoms with Crippen LogP contribution in [0, 0.1) is 11.7 Å². The number of anilines is 1. The average molecular weight is 559 g/mol. The number of hydrogen-bond donors (Lipinski definition) is 1. The SMILES string of the molecule is CCOc1ccccc1C(=O)[C@H]1[C@@H](C(=O)c2ccc(F)cc2)N2C=Cc3ccccc3[C@@H]2[C@]12C(=O)Nc1ccccc12. The van der Waals surface area contributed by atoms with E-state index in [9.17, 15) is 18.8 Å². The lowest BCUT2D eigenvalue weighted by molar-refractivity contribution is -0.122. The molecule has 4 atom stereocenters. The molecule has 7 heteroatoms. The first-order chi connectivity index (χ1) is 20.5. The molecule has 0 unspecified atom stereocenters. The zero-order valence-corrected chi connectivity index (χ0v) is 22.8. The smallest absolute Gasteiger partial charge is 0.238 e. The van der Waals surface area contributed by atoms with Gasteiger partial charge in [-0.3, -0.25) is 14.4 Å². The van der Waals surface area contributed by atoms with Crippen molar-refractivity contribution in [1.82, 2.24) is 4.90 Å². The number of Topliss-reactive ketones (excluding diaryl/α,β-unsaturated/α-hetero) is 2. The number of halogens is 1. The second kappa shape index (κ2) is 9.80. The van der Waals surface area contributed by atoms with Gasteiger partial charge in [0.1, 0.15) is 23.0 Å². The number of para-hydroxylation sites is 2. The number of nitrogens with zero attached hydrogens (tertiary/aromatic N) is 1. The van der Waals surface area contributed by atoms with Crippen molar-refractivity contribution in [2.75, 3.05) is 11.9 Å². The van der Waals surface area contributed by atoms with Gasteiger partial charge in [0, 0.05) is 17.5 Å². The highest BCUT2D eigenvalue weighted by Crippen LogP contribution is 2.62. The van der Waals surface area contributed by atoms with Gasteiger partial charge in [0.25, 0.3) is 0 Å². The lowest BCUT2D eigenvalue weighted by Crippen LogP contribution is -2.49. The minimum atomic E-state index is -1.45. The Morgan fingerprint density at radius 3 is 2.43 bits per heavy atom. The maximum Gasteiger partial charge on any atom is 0.238 e. The third kappa shape index (κ3) is 3.59. The number of hydrogen-bond acceptors (Lipinski definition) is 5. The number of carbonyl (C=O) groups excluding carboxylic acids is 3. The molecular formula is C35H27FN2O4. The molecule has 3 aliphatic rings. The van der Waals surface area contributed by atoms with Crippen molar-refractivity contribution in [3.8, 4) is 5.75 Å². The Morgan fingerprint density at radius 1 is 0.905 bits per heavy atom. The van der Waals surface area contributed by atoms with Gasteiger partial charge in [-0.15, -0.1) is 0 Å². The number of amides is 1. The van der Waals surface area contributed by atoms with Crippen molar-refractivity contribution in [2.24, 2.45) is 5.92 Å². The summed E-state index contributed by atoms with van der Waals surface area (Å²) in [6, 6.07) is 25.6. The Balaban J connectivity index is 1.54. The van der Waals surface area contributed by atoms with Crippen LogP contribution in [-0.2, 0) is 10.2 Å². The summed E-state index contributed by atoms with van der Waals surface area (Å²) in [6.07, 6.45) is 3.72. The minimum Gasteiger partial charge on any atom is -0.493 e. The molecule has 0 bridgehead atoms. The average Bonchev–Trinajstić information content (AvgIpc) is 3.49. The maximum atomic E-state index is 15.0. The second-order valence-corrected chi connectivity index (χ2v) is 10.8.